The maximum atomic E-state index is 6.05. The Morgan fingerprint density at radius 3 is 2.68 bits per heavy atom. The Kier molecular flexibility index (Phi) is 4.40. The van der Waals surface area contributed by atoms with Gasteiger partial charge in [-0.1, -0.05) is 53.8 Å². The summed E-state index contributed by atoms with van der Waals surface area (Å²) < 4.78 is 0. The molecule has 4 heteroatoms. The molecule has 1 aromatic carbocycles. The molecule has 2 rings (SSSR count). The molecule has 0 aliphatic heterocycles. The van der Waals surface area contributed by atoms with Crippen LogP contribution in [0, 0.1) is 11.8 Å². The zero-order valence-electron chi connectivity index (χ0n) is 10.3. The molecule has 2 aromatic rings. The zero-order chi connectivity index (χ0) is 13.7. The van der Waals surface area contributed by atoms with Crippen molar-refractivity contribution in [2.75, 3.05) is 5.73 Å². The van der Waals surface area contributed by atoms with Crippen LogP contribution >= 0.6 is 11.6 Å². The van der Waals surface area contributed by atoms with E-state index in [-0.39, 0.29) is 6.04 Å². The van der Waals surface area contributed by atoms with Crippen molar-refractivity contribution in [1.82, 2.24) is 4.98 Å². The van der Waals surface area contributed by atoms with Crippen molar-refractivity contribution in [3.8, 4) is 11.8 Å². The fraction of sp³-hybridized carbons (Fsp3) is 0.133. The van der Waals surface area contributed by atoms with Crippen LogP contribution in [0.25, 0.3) is 0 Å². The van der Waals surface area contributed by atoms with Crippen molar-refractivity contribution < 1.29 is 0 Å². The van der Waals surface area contributed by atoms with Crippen molar-refractivity contribution in [2.24, 2.45) is 5.73 Å². The van der Waals surface area contributed by atoms with Crippen molar-refractivity contribution in [1.29, 1.82) is 0 Å². The zero-order valence-corrected chi connectivity index (χ0v) is 11.1. The SMILES string of the molecule is Nc1ncc(C#CC[C@@H](N)c2ccccc2)cc1Cl. The van der Waals surface area contributed by atoms with Gasteiger partial charge >= 0.3 is 0 Å². The first-order valence-electron chi connectivity index (χ1n) is 5.87. The quantitative estimate of drug-likeness (QED) is 0.826. The van der Waals surface area contributed by atoms with E-state index in [1.165, 1.54) is 0 Å². The van der Waals surface area contributed by atoms with E-state index >= 15 is 0 Å². The molecule has 0 saturated heterocycles. The number of nitrogens with two attached hydrogens (primary N) is 2. The summed E-state index contributed by atoms with van der Waals surface area (Å²) in [5, 5.41) is 0.416. The second-order valence-corrected chi connectivity index (χ2v) is 4.52. The summed E-state index contributed by atoms with van der Waals surface area (Å²) in [5.74, 6) is 6.33. The third kappa shape index (κ3) is 3.72. The summed E-state index contributed by atoms with van der Waals surface area (Å²) in [6, 6.07) is 11.5. The van der Waals surface area contributed by atoms with Crippen LogP contribution in [0.1, 0.15) is 23.6 Å². The molecule has 0 amide bonds. The van der Waals surface area contributed by atoms with E-state index in [4.69, 9.17) is 23.1 Å². The fourth-order valence-electron chi connectivity index (χ4n) is 1.60. The van der Waals surface area contributed by atoms with Gasteiger partial charge in [0.15, 0.2) is 0 Å². The van der Waals surface area contributed by atoms with Gasteiger partial charge < -0.3 is 11.5 Å². The number of aromatic nitrogens is 1. The van der Waals surface area contributed by atoms with Crippen molar-refractivity contribution in [2.45, 2.75) is 12.5 Å². The van der Waals surface area contributed by atoms with E-state index in [1.807, 2.05) is 30.3 Å². The van der Waals surface area contributed by atoms with Crippen LogP contribution in [0.2, 0.25) is 5.02 Å². The van der Waals surface area contributed by atoms with Crippen LogP contribution in [0.4, 0.5) is 5.82 Å². The minimum Gasteiger partial charge on any atom is -0.382 e. The largest absolute Gasteiger partial charge is 0.382 e. The van der Waals surface area contributed by atoms with E-state index in [0.717, 1.165) is 11.1 Å². The third-order valence-corrected chi connectivity index (χ3v) is 2.95. The summed E-state index contributed by atoms with van der Waals surface area (Å²) in [6.07, 6.45) is 2.17. The van der Waals surface area contributed by atoms with E-state index in [2.05, 4.69) is 16.8 Å². The number of anilines is 1. The lowest BCUT2D eigenvalue weighted by Gasteiger charge is -2.07. The summed E-state index contributed by atoms with van der Waals surface area (Å²) in [4.78, 5) is 3.95. The molecule has 0 aliphatic rings. The molecule has 1 aromatic heterocycles. The number of hydrogen-bond acceptors (Lipinski definition) is 3. The molecule has 4 N–H and O–H groups in total. The molecular formula is C15H14ClN3. The van der Waals surface area contributed by atoms with Gasteiger partial charge in [0.05, 0.1) is 5.02 Å². The normalized spacial score (nSPS) is 11.5. The number of rotatable bonds is 2. The predicted octanol–water partition coefficient (Wildman–Crippen LogP) is 2.76. The molecule has 0 radical (unpaired) electrons. The van der Waals surface area contributed by atoms with Crippen LogP contribution < -0.4 is 11.5 Å². The first kappa shape index (κ1) is 13.4. The van der Waals surface area contributed by atoms with Crippen molar-refractivity contribution >= 4 is 17.4 Å². The average Bonchev–Trinajstić information content (AvgIpc) is 2.43. The molecule has 1 heterocycles. The van der Waals surface area contributed by atoms with Gasteiger partial charge in [-0.15, -0.1) is 0 Å². The van der Waals surface area contributed by atoms with Gasteiger partial charge in [-0.05, 0) is 11.6 Å². The monoisotopic (exact) mass is 271 g/mol. The van der Waals surface area contributed by atoms with Gasteiger partial charge in [0.1, 0.15) is 5.82 Å². The molecule has 0 fully saturated rings. The maximum absolute atomic E-state index is 6.05. The van der Waals surface area contributed by atoms with E-state index in [0.29, 0.717) is 17.3 Å². The Hall–Kier alpha value is -2.02. The number of pyridine rings is 1. The van der Waals surface area contributed by atoms with Gasteiger partial charge in [0.2, 0.25) is 0 Å². The average molecular weight is 272 g/mol. The summed E-state index contributed by atoms with van der Waals surface area (Å²) in [7, 11) is 0. The lowest BCUT2D eigenvalue weighted by molar-refractivity contribution is 0.754. The minimum atomic E-state index is -0.0917. The Labute approximate surface area is 117 Å². The molecular weight excluding hydrogens is 258 g/mol. The molecule has 96 valence electrons. The first-order valence-corrected chi connectivity index (χ1v) is 6.25. The van der Waals surface area contributed by atoms with Crippen LogP contribution in [0.15, 0.2) is 42.6 Å². The number of benzene rings is 1. The van der Waals surface area contributed by atoms with Crippen LogP contribution in [-0.4, -0.2) is 4.98 Å². The number of nitrogen functional groups attached to an aromatic ring is 1. The second-order valence-electron chi connectivity index (χ2n) is 4.11. The summed E-state index contributed by atoms with van der Waals surface area (Å²) in [6.45, 7) is 0. The highest BCUT2D eigenvalue weighted by molar-refractivity contribution is 6.32. The molecule has 3 nitrogen and oxygen atoms in total. The summed E-state index contributed by atoms with van der Waals surface area (Å²) >= 11 is 5.87. The topological polar surface area (TPSA) is 64.9 Å². The highest BCUT2D eigenvalue weighted by atomic mass is 35.5. The Morgan fingerprint density at radius 1 is 1.26 bits per heavy atom. The Balaban J connectivity index is 2.03. The highest BCUT2D eigenvalue weighted by Gasteiger charge is 2.02. The van der Waals surface area contributed by atoms with Gasteiger partial charge in [-0.3, -0.25) is 0 Å². The predicted molar refractivity (Wildman–Crippen MR) is 78.5 cm³/mol. The smallest absolute Gasteiger partial charge is 0.142 e. The molecule has 0 aliphatic carbocycles. The Morgan fingerprint density at radius 2 is 2.00 bits per heavy atom. The first-order chi connectivity index (χ1) is 9.16. The van der Waals surface area contributed by atoms with Crippen molar-refractivity contribution in [3.05, 3.63) is 58.7 Å². The van der Waals surface area contributed by atoms with E-state index in [1.54, 1.807) is 12.3 Å². The third-order valence-electron chi connectivity index (χ3n) is 2.65. The molecule has 0 saturated carbocycles. The van der Waals surface area contributed by atoms with E-state index in [9.17, 15) is 0 Å². The highest BCUT2D eigenvalue weighted by Crippen LogP contribution is 2.16. The summed E-state index contributed by atoms with van der Waals surface area (Å²) in [5.41, 5.74) is 13.4. The minimum absolute atomic E-state index is 0.0917. The molecule has 1 atom stereocenters. The molecule has 0 spiro atoms. The van der Waals surface area contributed by atoms with Crippen LogP contribution in [0.3, 0.4) is 0 Å². The van der Waals surface area contributed by atoms with Gasteiger partial charge in [0, 0.05) is 24.2 Å². The fourth-order valence-corrected chi connectivity index (χ4v) is 1.76. The van der Waals surface area contributed by atoms with Gasteiger partial charge in [-0.25, -0.2) is 4.98 Å². The van der Waals surface area contributed by atoms with Gasteiger partial charge in [-0.2, -0.15) is 0 Å². The number of nitrogens with zero attached hydrogens (tertiary/aromatic N) is 1. The number of hydrogen-bond donors (Lipinski definition) is 2. The standard InChI is InChI=1S/C15H14ClN3/c16-13-9-11(10-19-15(13)18)5-4-8-14(17)12-6-2-1-3-7-12/h1-3,6-7,9-10,14H,8,17H2,(H2,18,19)/t14-/m1/s1. The lowest BCUT2D eigenvalue weighted by atomic mass is 10.1. The van der Waals surface area contributed by atoms with Gasteiger partial charge in [0.25, 0.3) is 0 Å². The molecule has 0 bridgehead atoms. The van der Waals surface area contributed by atoms with Crippen LogP contribution in [0.5, 0.6) is 0 Å². The van der Waals surface area contributed by atoms with Crippen molar-refractivity contribution in [3.63, 3.8) is 0 Å². The Bertz CT molecular complexity index is 614. The lowest BCUT2D eigenvalue weighted by Crippen LogP contribution is -2.08. The van der Waals surface area contributed by atoms with Crippen LogP contribution in [-0.2, 0) is 0 Å². The maximum Gasteiger partial charge on any atom is 0.142 e. The second kappa shape index (κ2) is 6.24. The number of halogens is 1. The molecule has 19 heavy (non-hydrogen) atoms. The molecule has 0 unspecified atom stereocenters. The van der Waals surface area contributed by atoms with E-state index < -0.39 is 0 Å².